The molecule has 0 saturated heterocycles. The van der Waals surface area contributed by atoms with Crippen LogP contribution >= 0.6 is 0 Å². The Morgan fingerprint density at radius 3 is 2.65 bits per heavy atom. The van der Waals surface area contributed by atoms with Gasteiger partial charge in [-0.25, -0.2) is 8.42 Å². The molecule has 2 unspecified atom stereocenters. The number of hydrogen-bond acceptors (Lipinski definition) is 4. The first-order chi connectivity index (χ1) is 11.0. The van der Waals surface area contributed by atoms with E-state index in [2.05, 4.69) is 10.0 Å². The summed E-state index contributed by atoms with van der Waals surface area (Å²) in [6, 6.07) is 8.16. The molecule has 0 N–H and O–H groups in total. The fraction of sp³-hybridized carbons (Fsp3) is 0.562. The first-order valence-corrected chi connectivity index (χ1v) is 9.29. The maximum absolute atomic E-state index is 13.3. The number of Topliss-reactive ketones (excluding diaryl/α,β-unsaturated/α-hetero) is 1. The second-order valence-corrected chi connectivity index (χ2v) is 8.19. The van der Waals surface area contributed by atoms with E-state index in [1.807, 2.05) is 6.92 Å². The highest BCUT2D eigenvalue weighted by Crippen LogP contribution is 2.43. The Labute approximate surface area is 136 Å². The Bertz CT molecular complexity index is 711. The van der Waals surface area contributed by atoms with Gasteiger partial charge in [-0.2, -0.15) is 0 Å². The number of sulfone groups is 1. The summed E-state index contributed by atoms with van der Waals surface area (Å²) in [5.74, 6) is -0.457. The van der Waals surface area contributed by atoms with E-state index in [4.69, 9.17) is 5.53 Å². The molecular weight excluding hydrogens is 314 g/mol. The van der Waals surface area contributed by atoms with E-state index < -0.39 is 14.6 Å². The zero-order chi connectivity index (χ0) is 16.9. The van der Waals surface area contributed by atoms with Crippen LogP contribution in [0.5, 0.6) is 0 Å². The Morgan fingerprint density at radius 1 is 1.35 bits per heavy atom. The molecule has 1 aliphatic carbocycles. The van der Waals surface area contributed by atoms with Crippen molar-refractivity contribution < 1.29 is 13.2 Å². The Morgan fingerprint density at radius 2 is 2.04 bits per heavy atom. The van der Waals surface area contributed by atoms with Crippen molar-refractivity contribution in [3.63, 3.8) is 0 Å². The third-order valence-corrected chi connectivity index (χ3v) is 7.40. The normalized spacial score (nSPS) is 24.9. The number of rotatable bonds is 6. The average Bonchev–Trinajstić information content (AvgIpc) is 2.54. The number of carbonyl (C=O) groups is 1. The van der Waals surface area contributed by atoms with Gasteiger partial charge in [0, 0.05) is 17.9 Å². The van der Waals surface area contributed by atoms with Crippen molar-refractivity contribution in [2.24, 2.45) is 11.0 Å². The van der Waals surface area contributed by atoms with E-state index in [0.29, 0.717) is 12.8 Å². The van der Waals surface area contributed by atoms with Crippen molar-refractivity contribution in [1.29, 1.82) is 0 Å². The second kappa shape index (κ2) is 7.15. The smallest absolute Gasteiger partial charge is 0.191 e. The van der Waals surface area contributed by atoms with Crippen LogP contribution in [-0.2, 0) is 14.6 Å². The molecule has 7 heteroatoms. The summed E-state index contributed by atoms with van der Waals surface area (Å²) in [6.07, 6.45) is 2.30. The maximum atomic E-state index is 13.3. The second-order valence-electron chi connectivity index (χ2n) is 5.98. The summed E-state index contributed by atoms with van der Waals surface area (Å²) in [4.78, 5) is 15.6. The van der Waals surface area contributed by atoms with Gasteiger partial charge in [0.2, 0.25) is 0 Å². The molecule has 0 heterocycles. The molecule has 0 amide bonds. The molecule has 124 valence electrons. The minimum absolute atomic E-state index is 0.186. The molecule has 0 aromatic heterocycles. The minimum Gasteiger partial charge on any atom is -0.298 e. The predicted molar refractivity (Wildman–Crippen MR) is 87.6 cm³/mol. The number of carbonyl (C=O) groups excluding carboxylic acids is 1. The third kappa shape index (κ3) is 3.12. The molecule has 1 aromatic carbocycles. The molecule has 0 aliphatic heterocycles. The molecule has 0 radical (unpaired) electrons. The molecule has 1 aliphatic rings. The van der Waals surface area contributed by atoms with E-state index in [1.165, 1.54) is 0 Å². The van der Waals surface area contributed by atoms with Gasteiger partial charge in [0.05, 0.1) is 4.90 Å². The van der Waals surface area contributed by atoms with Crippen molar-refractivity contribution in [2.75, 3.05) is 6.54 Å². The molecular formula is C16H21N3O3S. The summed E-state index contributed by atoms with van der Waals surface area (Å²) in [7, 11) is -3.79. The van der Waals surface area contributed by atoms with Gasteiger partial charge < -0.3 is 0 Å². The molecule has 1 aromatic rings. The van der Waals surface area contributed by atoms with Gasteiger partial charge in [-0.1, -0.05) is 30.2 Å². The maximum Gasteiger partial charge on any atom is 0.191 e. The summed E-state index contributed by atoms with van der Waals surface area (Å²) < 4.78 is 25.1. The van der Waals surface area contributed by atoms with Gasteiger partial charge in [0.25, 0.3) is 0 Å². The lowest BCUT2D eigenvalue weighted by Gasteiger charge is -2.40. The van der Waals surface area contributed by atoms with Crippen LogP contribution in [0.3, 0.4) is 0 Å². The standard InChI is InChI=1S/C16H21N3O3S/c1-13-7-5-10-15(20)16(13,11-6-12-18-19-17)23(21,22)14-8-3-2-4-9-14/h2-4,8-9,13H,5-7,10-12H2,1H3. The van der Waals surface area contributed by atoms with Crippen LogP contribution in [0.15, 0.2) is 40.3 Å². The average molecular weight is 335 g/mol. The molecule has 2 atom stereocenters. The lowest BCUT2D eigenvalue weighted by atomic mass is 9.76. The van der Waals surface area contributed by atoms with E-state index in [9.17, 15) is 13.2 Å². The Hall–Kier alpha value is -1.85. The number of benzene rings is 1. The topological polar surface area (TPSA) is 100.0 Å². The van der Waals surface area contributed by atoms with Crippen LogP contribution in [0.2, 0.25) is 0 Å². The molecule has 0 spiro atoms. The van der Waals surface area contributed by atoms with Crippen LogP contribution in [0.4, 0.5) is 0 Å². The highest BCUT2D eigenvalue weighted by molar-refractivity contribution is 7.93. The highest BCUT2D eigenvalue weighted by atomic mass is 32.2. The zero-order valence-electron chi connectivity index (χ0n) is 13.2. The number of azide groups is 1. The summed E-state index contributed by atoms with van der Waals surface area (Å²) >= 11 is 0. The van der Waals surface area contributed by atoms with E-state index in [-0.39, 0.29) is 36.0 Å². The van der Waals surface area contributed by atoms with Gasteiger partial charge in [-0.3, -0.25) is 4.79 Å². The van der Waals surface area contributed by atoms with E-state index >= 15 is 0 Å². The van der Waals surface area contributed by atoms with Crippen molar-refractivity contribution in [2.45, 2.75) is 48.7 Å². The molecule has 1 saturated carbocycles. The Kier molecular flexibility index (Phi) is 5.44. The summed E-state index contributed by atoms with van der Waals surface area (Å²) in [6.45, 7) is 2.04. The molecule has 6 nitrogen and oxygen atoms in total. The monoisotopic (exact) mass is 335 g/mol. The van der Waals surface area contributed by atoms with Gasteiger partial charge >= 0.3 is 0 Å². The third-order valence-electron chi connectivity index (χ3n) is 4.71. The van der Waals surface area contributed by atoms with Crippen LogP contribution in [-0.4, -0.2) is 25.5 Å². The van der Waals surface area contributed by atoms with Crippen LogP contribution < -0.4 is 0 Å². The highest BCUT2D eigenvalue weighted by Gasteiger charge is 2.55. The zero-order valence-corrected chi connectivity index (χ0v) is 14.0. The molecule has 1 fully saturated rings. The summed E-state index contributed by atoms with van der Waals surface area (Å²) in [5.41, 5.74) is 8.38. The van der Waals surface area contributed by atoms with Gasteiger partial charge in [-0.15, -0.1) is 0 Å². The number of nitrogens with zero attached hydrogens (tertiary/aromatic N) is 3. The SMILES string of the molecule is CC1CCCC(=O)C1(CCCN=[N+]=[N-])S(=O)(=O)c1ccccc1. The van der Waals surface area contributed by atoms with Crippen molar-refractivity contribution >= 4 is 15.6 Å². The fourth-order valence-electron chi connectivity index (χ4n) is 3.49. The van der Waals surface area contributed by atoms with Crippen LogP contribution in [0.1, 0.15) is 39.0 Å². The van der Waals surface area contributed by atoms with Gasteiger partial charge in [0.1, 0.15) is 4.75 Å². The van der Waals surface area contributed by atoms with Gasteiger partial charge in [0.15, 0.2) is 15.6 Å². The first-order valence-electron chi connectivity index (χ1n) is 7.80. The van der Waals surface area contributed by atoms with Gasteiger partial charge in [-0.05, 0) is 49.3 Å². The first kappa shape index (κ1) is 17.5. The lowest BCUT2D eigenvalue weighted by Crippen LogP contribution is -2.53. The molecule has 0 bridgehead atoms. The lowest BCUT2D eigenvalue weighted by molar-refractivity contribution is -0.124. The number of hydrogen-bond donors (Lipinski definition) is 0. The molecule has 23 heavy (non-hydrogen) atoms. The number of ketones is 1. The minimum atomic E-state index is -3.79. The largest absolute Gasteiger partial charge is 0.298 e. The quantitative estimate of drug-likeness (QED) is 0.343. The van der Waals surface area contributed by atoms with Crippen LogP contribution in [0.25, 0.3) is 10.4 Å². The Balaban J connectivity index is 2.48. The van der Waals surface area contributed by atoms with Crippen molar-refractivity contribution in [1.82, 2.24) is 0 Å². The van der Waals surface area contributed by atoms with E-state index in [1.54, 1.807) is 30.3 Å². The van der Waals surface area contributed by atoms with E-state index in [0.717, 1.165) is 6.42 Å². The predicted octanol–water partition coefficient (Wildman–Crippen LogP) is 3.68. The summed E-state index contributed by atoms with van der Waals surface area (Å²) in [5, 5.41) is 3.47. The van der Waals surface area contributed by atoms with Crippen LogP contribution in [0, 0.1) is 5.92 Å². The fourth-order valence-corrected chi connectivity index (χ4v) is 5.89. The van der Waals surface area contributed by atoms with Crippen molar-refractivity contribution in [3.05, 3.63) is 40.8 Å². The molecule has 2 rings (SSSR count). The van der Waals surface area contributed by atoms with Crippen molar-refractivity contribution in [3.8, 4) is 0 Å².